The fraction of sp³-hybridized carbons (Fsp3) is 0.111. The topological polar surface area (TPSA) is 28.1 Å². The molecule has 0 spiro atoms. The number of nitrogens with zero attached hydrogens (tertiary/aromatic N) is 2. The molecule has 0 saturated heterocycles. The van der Waals surface area contributed by atoms with Gasteiger partial charge in [-0.2, -0.15) is 5.26 Å². The van der Waals surface area contributed by atoms with Crippen LogP contribution in [0.3, 0.4) is 0 Å². The molecule has 0 bridgehead atoms. The second-order valence-electron chi connectivity index (χ2n) is 2.22. The highest BCUT2D eigenvalue weighted by molar-refractivity contribution is 5.55. The van der Waals surface area contributed by atoms with Crippen LogP contribution in [0.2, 0.25) is 0 Å². The quantitative estimate of drug-likeness (QED) is 0.511. The Morgan fingerprint density at radius 3 is 2.82 bits per heavy atom. The van der Waals surface area contributed by atoms with Crippen molar-refractivity contribution in [3.63, 3.8) is 0 Å². The van der Waals surface area contributed by atoms with Crippen molar-refractivity contribution in [3.8, 4) is 6.07 Å². The second-order valence-corrected chi connectivity index (χ2v) is 2.22. The standard InChI is InChI=1S/C9H6N2/c1-7-3-4-8(6-10)5-9(7)11-2/h3-5H,1H3. The van der Waals surface area contributed by atoms with Crippen molar-refractivity contribution < 1.29 is 0 Å². The summed E-state index contributed by atoms with van der Waals surface area (Å²) in [7, 11) is 0. The molecule has 1 aromatic carbocycles. The van der Waals surface area contributed by atoms with Crippen LogP contribution < -0.4 is 0 Å². The predicted molar refractivity (Wildman–Crippen MR) is 42.2 cm³/mol. The van der Waals surface area contributed by atoms with Crippen molar-refractivity contribution in [1.29, 1.82) is 5.26 Å². The van der Waals surface area contributed by atoms with E-state index in [-0.39, 0.29) is 0 Å². The predicted octanol–water partition coefficient (Wildman–Crippen LogP) is 2.42. The Kier molecular flexibility index (Phi) is 1.90. The summed E-state index contributed by atoms with van der Waals surface area (Å²) in [6.45, 7) is 8.63. The van der Waals surface area contributed by atoms with Crippen LogP contribution >= 0.6 is 0 Å². The molecule has 0 aliphatic rings. The zero-order valence-corrected chi connectivity index (χ0v) is 6.13. The maximum absolute atomic E-state index is 8.50. The highest BCUT2D eigenvalue weighted by atomic mass is 14.6. The van der Waals surface area contributed by atoms with Crippen LogP contribution in [0.4, 0.5) is 5.69 Å². The van der Waals surface area contributed by atoms with Crippen molar-refractivity contribution in [1.82, 2.24) is 0 Å². The van der Waals surface area contributed by atoms with E-state index in [0.717, 1.165) is 5.56 Å². The van der Waals surface area contributed by atoms with Gasteiger partial charge in [0.2, 0.25) is 0 Å². The van der Waals surface area contributed by atoms with E-state index in [1.165, 1.54) is 0 Å². The van der Waals surface area contributed by atoms with Crippen LogP contribution in [0.5, 0.6) is 0 Å². The molecule has 1 rings (SSSR count). The van der Waals surface area contributed by atoms with E-state index in [4.69, 9.17) is 11.8 Å². The summed E-state index contributed by atoms with van der Waals surface area (Å²) in [5.41, 5.74) is 2.02. The Morgan fingerprint density at radius 2 is 2.27 bits per heavy atom. The molecular weight excluding hydrogens is 136 g/mol. The molecule has 1 aromatic rings. The lowest BCUT2D eigenvalue weighted by atomic mass is 10.1. The highest BCUT2D eigenvalue weighted by Crippen LogP contribution is 2.18. The minimum absolute atomic E-state index is 0.543. The molecule has 0 saturated carbocycles. The highest BCUT2D eigenvalue weighted by Gasteiger charge is 1.97. The number of benzene rings is 1. The van der Waals surface area contributed by atoms with E-state index >= 15 is 0 Å². The molecule has 52 valence electrons. The van der Waals surface area contributed by atoms with E-state index in [9.17, 15) is 0 Å². The Morgan fingerprint density at radius 1 is 1.55 bits per heavy atom. The molecule has 0 amide bonds. The van der Waals surface area contributed by atoms with E-state index in [2.05, 4.69) is 4.85 Å². The molecule has 0 aliphatic carbocycles. The van der Waals surface area contributed by atoms with Crippen LogP contribution in [0, 0.1) is 24.8 Å². The zero-order chi connectivity index (χ0) is 8.27. The van der Waals surface area contributed by atoms with Crippen LogP contribution in [0.1, 0.15) is 11.1 Å². The molecular formula is C9H6N2. The average Bonchev–Trinajstić information content (AvgIpc) is 2.05. The fourth-order valence-electron chi connectivity index (χ4n) is 0.799. The Balaban J connectivity index is 3.29. The molecule has 0 heterocycles. The van der Waals surface area contributed by atoms with Crippen LogP contribution in [0.25, 0.3) is 4.85 Å². The lowest BCUT2D eigenvalue weighted by Gasteiger charge is -1.94. The van der Waals surface area contributed by atoms with Gasteiger partial charge in [-0.1, -0.05) is 6.07 Å². The SMILES string of the molecule is [C-]#[N+]c1cc(C#N)ccc1C. The number of aryl methyl sites for hydroxylation is 1. The minimum Gasteiger partial charge on any atom is -0.238 e. The Bertz CT molecular complexity index is 353. The maximum Gasteiger partial charge on any atom is 0.191 e. The first-order valence-electron chi connectivity index (χ1n) is 3.16. The zero-order valence-electron chi connectivity index (χ0n) is 6.13. The van der Waals surface area contributed by atoms with Crippen molar-refractivity contribution in [2.45, 2.75) is 6.92 Å². The summed E-state index contributed by atoms with van der Waals surface area (Å²) >= 11 is 0. The molecule has 0 N–H and O–H groups in total. The molecule has 11 heavy (non-hydrogen) atoms. The lowest BCUT2D eigenvalue weighted by molar-refractivity contribution is 1.44. The summed E-state index contributed by atoms with van der Waals surface area (Å²) in [4.78, 5) is 3.28. The van der Waals surface area contributed by atoms with Crippen molar-refractivity contribution in [2.75, 3.05) is 0 Å². The molecule has 0 aromatic heterocycles. The largest absolute Gasteiger partial charge is 0.238 e. The molecule has 0 aliphatic heterocycles. The van der Waals surface area contributed by atoms with Crippen LogP contribution in [-0.4, -0.2) is 0 Å². The first kappa shape index (κ1) is 7.31. The molecule has 0 atom stereocenters. The second kappa shape index (κ2) is 2.86. The summed E-state index contributed by atoms with van der Waals surface area (Å²) in [5, 5.41) is 8.50. The number of hydrogen-bond donors (Lipinski definition) is 0. The third-order valence-corrected chi connectivity index (χ3v) is 1.46. The minimum atomic E-state index is 0.543. The Labute approximate surface area is 65.5 Å². The van der Waals surface area contributed by atoms with Gasteiger partial charge in [-0.05, 0) is 24.6 Å². The summed E-state index contributed by atoms with van der Waals surface area (Å²) < 4.78 is 0. The molecule has 0 fully saturated rings. The average molecular weight is 142 g/mol. The van der Waals surface area contributed by atoms with Gasteiger partial charge < -0.3 is 0 Å². The summed E-state index contributed by atoms with van der Waals surface area (Å²) in [6.07, 6.45) is 0. The van der Waals surface area contributed by atoms with Crippen LogP contribution in [-0.2, 0) is 0 Å². The van der Waals surface area contributed by atoms with Gasteiger partial charge in [0.1, 0.15) is 0 Å². The molecule has 0 unspecified atom stereocenters. The van der Waals surface area contributed by atoms with E-state index < -0.39 is 0 Å². The van der Waals surface area contributed by atoms with Gasteiger partial charge in [-0.15, -0.1) is 0 Å². The summed E-state index contributed by atoms with van der Waals surface area (Å²) in [6, 6.07) is 7.08. The van der Waals surface area contributed by atoms with Gasteiger partial charge in [0.05, 0.1) is 12.6 Å². The monoisotopic (exact) mass is 142 g/mol. The van der Waals surface area contributed by atoms with Gasteiger partial charge >= 0.3 is 0 Å². The number of rotatable bonds is 0. The maximum atomic E-state index is 8.50. The van der Waals surface area contributed by atoms with E-state index in [1.807, 2.05) is 13.0 Å². The summed E-state index contributed by atoms with van der Waals surface area (Å²) in [5.74, 6) is 0. The van der Waals surface area contributed by atoms with Gasteiger partial charge in [-0.25, -0.2) is 4.85 Å². The number of hydrogen-bond acceptors (Lipinski definition) is 1. The third kappa shape index (κ3) is 1.36. The van der Waals surface area contributed by atoms with E-state index in [0.29, 0.717) is 11.3 Å². The first-order chi connectivity index (χ1) is 5.27. The molecule has 2 nitrogen and oxygen atoms in total. The van der Waals surface area contributed by atoms with Gasteiger partial charge in [0.25, 0.3) is 0 Å². The fourth-order valence-corrected chi connectivity index (χ4v) is 0.799. The van der Waals surface area contributed by atoms with Gasteiger partial charge in [0, 0.05) is 5.56 Å². The van der Waals surface area contributed by atoms with Crippen LogP contribution in [0.15, 0.2) is 18.2 Å². The first-order valence-corrected chi connectivity index (χ1v) is 3.16. The van der Waals surface area contributed by atoms with Crippen molar-refractivity contribution >= 4 is 5.69 Å². The molecule has 0 radical (unpaired) electrons. The van der Waals surface area contributed by atoms with Crippen molar-refractivity contribution in [3.05, 3.63) is 40.7 Å². The molecule has 2 heteroatoms. The number of nitriles is 1. The van der Waals surface area contributed by atoms with Gasteiger partial charge in [0.15, 0.2) is 5.69 Å². The van der Waals surface area contributed by atoms with Gasteiger partial charge in [-0.3, -0.25) is 0 Å². The van der Waals surface area contributed by atoms with E-state index in [1.54, 1.807) is 18.2 Å². The normalized spacial score (nSPS) is 8.27. The Hall–Kier alpha value is -1.80. The van der Waals surface area contributed by atoms with Crippen molar-refractivity contribution in [2.24, 2.45) is 0 Å². The smallest absolute Gasteiger partial charge is 0.191 e. The lowest BCUT2D eigenvalue weighted by Crippen LogP contribution is -1.75. The third-order valence-electron chi connectivity index (χ3n) is 1.46.